The van der Waals surface area contributed by atoms with E-state index in [0.717, 1.165) is 45.2 Å². The molecule has 3 atom stereocenters. The van der Waals surface area contributed by atoms with Gasteiger partial charge in [0.15, 0.2) is 5.96 Å². The maximum Gasteiger partial charge on any atom is 0.243 e. The molecule has 1 aliphatic carbocycles. The van der Waals surface area contributed by atoms with Crippen LogP contribution in [0.2, 0.25) is 0 Å². The van der Waals surface area contributed by atoms with E-state index in [1.807, 2.05) is 0 Å². The third kappa shape index (κ3) is 8.18. The fourth-order valence-electron chi connectivity index (χ4n) is 4.12. The molecule has 0 aromatic carbocycles. The van der Waals surface area contributed by atoms with Gasteiger partial charge in [-0.3, -0.25) is 9.69 Å². The van der Waals surface area contributed by atoms with Gasteiger partial charge in [0.05, 0.1) is 19.3 Å². The van der Waals surface area contributed by atoms with Crippen LogP contribution in [-0.4, -0.2) is 81.2 Å². The van der Waals surface area contributed by atoms with Gasteiger partial charge in [-0.05, 0) is 30.2 Å². The highest BCUT2D eigenvalue weighted by molar-refractivity contribution is 14.0. The summed E-state index contributed by atoms with van der Waals surface area (Å²) in [6.45, 7) is 6.64. The first-order valence-electron chi connectivity index (χ1n) is 11.1. The van der Waals surface area contributed by atoms with Gasteiger partial charge in [-0.25, -0.2) is 4.99 Å². The molecule has 1 aliphatic heterocycles. The number of likely N-dealkylation sites (N-methyl/N-ethyl adjacent to an activating group) is 1. The van der Waals surface area contributed by atoms with Gasteiger partial charge in [0.2, 0.25) is 5.91 Å². The highest BCUT2D eigenvalue weighted by atomic mass is 127. The van der Waals surface area contributed by atoms with Gasteiger partial charge in [-0.15, -0.1) is 35.3 Å². The number of carbonyl (C=O) groups excluding carboxylic acids is 1. The summed E-state index contributed by atoms with van der Waals surface area (Å²) >= 11 is 1.79. The molecule has 3 unspecified atom stereocenters. The van der Waals surface area contributed by atoms with Crippen molar-refractivity contribution < 1.29 is 9.53 Å². The van der Waals surface area contributed by atoms with Gasteiger partial charge in [-0.1, -0.05) is 25.8 Å². The highest BCUT2D eigenvalue weighted by Crippen LogP contribution is 2.26. The van der Waals surface area contributed by atoms with E-state index in [1.165, 1.54) is 24.1 Å². The molecule has 1 saturated carbocycles. The molecule has 2 heterocycles. The van der Waals surface area contributed by atoms with E-state index in [9.17, 15) is 4.79 Å². The number of halogens is 1. The number of guanidine groups is 1. The van der Waals surface area contributed by atoms with E-state index in [1.54, 1.807) is 30.3 Å². The quantitative estimate of drug-likeness (QED) is 0.304. The monoisotopic (exact) mass is 563 g/mol. The van der Waals surface area contributed by atoms with Crippen molar-refractivity contribution in [3.8, 4) is 0 Å². The Morgan fingerprint density at radius 1 is 1.32 bits per heavy atom. The van der Waals surface area contributed by atoms with E-state index in [4.69, 9.17) is 4.74 Å². The number of hydrogen-bond acceptors (Lipinski definition) is 5. The molecule has 31 heavy (non-hydrogen) atoms. The zero-order valence-corrected chi connectivity index (χ0v) is 22.2. The van der Waals surface area contributed by atoms with Crippen molar-refractivity contribution in [2.24, 2.45) is 10.9 Å². The zero-order valence-electron chi connectivity index (χ0n) is 19.0. The number of nitrogens with one attached hydrogen (secondary N) is 2. The topological polar surface area (TPSA) is 69.2 Å². The van der Waals surface area contributed by atoms with Gasteiger partial charge >= 0.3 is 0 Å². The molecule has 176 valence electrons. The van der Waals surface area contributed by atoms with Crippen molar-refractivity contribution in [3.63, 3.8) is 0 Å². The average molecular weight is 564 g/mol. The van der Waals surface area contributed by atoms with Gasteiger partial charge in [0, 0.05) is 44.6 Å². The number of rotatable bonds is 7. The van der Waals surface area contributed by atoms with Gasteiger partial charge in [0.1, 0.15) is 6.54 Å². The second-order valence-electron chi connectivity index (χ2n) is 8.53. The first-order valence-corrected chi connectivity index (χ1v) is 12.0. The van der Waals surface area contributed by atoms with Crippen LogP contribution < -0.4 is 10.6 Å². The van der Waals surface area contributed by atoms with Gasteiger partial charge in [-0.2, -0.15) is 0 Å². The fraction of sp³-hybridized carbons (Fsp3) is 0.727. The minimum absolute atomic E-state index is 0. The van der Waals surface area contributed by atoms with Crippen LogP contribution in [0, 0.1) is 5.92 Å². The Morgan fingerprint density at radius 2 is 2.06 bits per heavy atom. The van der Waals surface area contributed by atoms with Crippen molar-refractivity contribution in [2.45, 2.75) is 44.7 Å². The first-order chi connectivity index (χ1) is 14.5. The number of thiophene rings is 1. The van der Waals surface area contributed by atoms with E-state index in [2.05, 4.69) is 45.0 Å². The van der Waals surface area contributed by atoms with Crippen LogP contribution in [0.1, 0.15) is 43.5 Å². The van der Waals surface area contributed by atoms with Crippen LogP contribution in [-0.2, 0) is 9.53 Å². The molecule has 1 amide bonds. The molecule has 2 aliphatic rings. The second-order valence-corrected chi connectivity index (χ2v) is 9.51. The predicted octanol–water partition coefficient (Wildman–Crippen LogP) is 2.94. The Morgan fingerprint density at radius 3 is 2.71 bits per heavy atom. The molecule has 2 fully saturated rings. The molecule has 9 heteroatoms. The number of nitrogens with zero attached hydrogens (tertiary/aromatic N) is 3. The summed E-state index contributed by atoms with van der Waals surface area (Å²) in [5.74, 6) is 1.37. The number of ether oxygens (including phenoxy) is 1. The largest absolute Gasteiger partial charge is 0.379 e. The Labute approximate surface area is 208 Å². The van der Waals surface area contributed by atoms with Crippen molar-refractivity contribution >= 4 is 47.2 Å². The lowest BCUT2D eigenvalue weighted by Gasteiger charge is -2.35. The van der Waals surface area contributed by atoms with E-state index >= 15 is 0 Å². The van der Waals surface area contributed by atoms with E-state index < -0.39 is 0 Å². The average Bonchev–Trinajstić information content (AvgIpc) is 3.28. The third-order valence-corrected chi connectivity index (χ3v) is 7.10. The molecule has 3 rings (SSSR count). The molecule has 0 radical (unpaired) electrons. The Hall–Kier alpha value is -0.910. The van der Waals surface area contributed by atoms with Crippen molar-refractivity contribution in [1.29, 1.82) is 0 Å². The summed E-state index contributed by atoms with van der Waals surface area (Å²) in [6, 6.07) is 4.99. The number of amides is 1. The Balaban J connectivity index is 0.00000341. The highest BCUT2D eigenvalue weighted by Gasteiger charge is 2.25. The molecular formula is C22H38IN5O2S. The lowest BCUT2D eigenvalue weighted by Crippen LogP contribution is -2.50. The van der Waals surface area contributed by atoms with Crippen LogP contribution in [0.25, 0.3) is 0 Å². The third-order valence-electron chi connectivity index (χ3n) is 6.13. The lowest BCUT2D eigenvalue weighted by atomic mass is 9.86. The van der Waals surface area contributed by atoms with E-state index in [0.29, 0.717) is 12.0 Å². The molecule has 1 aromatic rings. The van der Waals surface area contributed by atoms with Crippen LogP contribution in [0.4, 0.5) is 0 Å². The van der Waals surface area contributed by atoms with Crippen LogP contribution >= 0.6 is 35.3 Å². The summed E-state index contributed by atoms with van der Waals surface area (Å²) in [6.07, 6.45) is 4.95. The minimum atomic E-state index is 0. The summed E-state index contributed by atoms with van der Waals surface area (Å²) < 4.78 is 5.56. The molecule has 0 bridgehead atoms. The van der Waals surface area contributed by atoms with Crippen molar-refractivity contribution in [2.75, 3.05) is 53.5 Å². The van der Waals surface area contributed by atoms with Crippen LogP contribution in [0.15, 0.2) is 22.5 Å². The summed E-state index contributed by atoms with van der Waals surface area (Å²) in [4.78, 5) is 22.2. The maximum absolute atomic E-state index is 12.1. The summed E-state index contributed by atoms with van der Waals surface area (Å²) in [5.41, 5.74) is 0. The molecule has 1 saturated heterocycles. The van der Waals surface area contributed by atoms with Gasteiger partial charge < -0.3 is 20.3 Å². The number of morpholine rings is 1. The lowest BCUT2D eigenvalue weighted by molar-refractivity contribution is -0.127. The maximum atomic E-state index is 12.1. The number of aliphatic imine (C=N–C) groups is 1. The summed E-state index contributed by atoms with van der Waals surface area (Å²) in [5, 5.41) is 9.33. The first kappa shape index (κ1) is 26.3. The molecule has 2 N–H and O–H groups in total. The number of carbonyl (C=O) groups is 1. The fourth-order valence-corrected chi connectivity index (χ4v) is 4.98. The normalized spacial score (nSPS) is 23.5. The Bertz CT molecular complexity index is 679. The Kier molecular flexibility index (Phi) is 11.6. The second kappa shape index (κ2) is 13.6. The standard InChI is InChI=1S/C22H37N5O2S.HI/c1-17-7-4-5-8-18(17)25-22(24-16-21(28)26(2)3)23-15-19(20-9-6-14-30-20)27-10-12-29-13-11-27;/h6,9,14,17-19H,4-5,7-8,10-13,15-16H2,1-3H3,(H2,23,24,25);1H. The van der Waals surface area contributed by atoms with Crippen molar-refractivity contribution in [1.82, 2.24) is 20.4 Å². The zero-order chi connectivity index (χ0) is 21.3. The van der Waals surface area contributed by atoms with Crippen LogP contribution in [0.3, 0.4) is 0 Å². The predicted molar refractivity (Wildman–Crippen MR) is 138 cm³/mol. The van der Waals surface area contributed by atoms with Crippen LogP contribution in [0.5, 0.6) is 0 Å². The molecule has 1 aromatic heterocycles. The van der Waals surface area contributed by atoms with Gasteiger partial charge in [0.25, 0.3) is 0 Å². The number of hydrogen-bond donors (Lipinski definition) is 2. The minimum Gasteiger partial charge on any atom is -0.379 e. The molecule has 0 spiro atoms. The summed E-state index contributed by atoms with van der Waals surface area (Å²) in [7, 11) is 3.54. The smallest absolute Gasteiger partial charge is 0.243 e. The van der Waals surface area contributed by atoms with E-state index in [-0.39, 0.29) is 42.5 Å². The SMILES string of the molecule is CC1CCCCC1NC(=NCC(=O)N(C)C)NCC(c1cccs1)N1CCOCC1.I. The molecular weight excluding hydrogens is 525 g/mol. The molecule has 7 nitrogen and oxygen atoms in total. The van der Waals surface area contributed by atoms with Crippen molar-refractivity contribution in [3.05, 3.63) is 22.4 Å².